The fraction of sp³-hybridized carbons (Fsp3) is 0.0645. The van der Waals surface area contributed by atoms with Crippen molar-refractivity contribution in [2.45, 2.75) is 0 Å². The average Bonchev–Trinajstić information content (AvgIpc) is 2.93. The molecule has 5 aromatic rings. The Morgan fingerprint density at radius 3 is 2.00 bits per heavy atom. The van der Waals surface area contributed by atoms with Crippen LogP contribution in [0.5, 0.6) is 17.2 Å². The summed E-state index contributed by atoms with van der Waals surface area (Å²) in [7, 11) is 3.17. The number of carbonyl (C=O) groups excluding carboxylic acids is 1. The first kappa shape index (κ1) is 23.1. The summed E-state index contributed by atoms with van der Waals surface area (Å²) >= 11 is 0. The predicted molar refractivity (Wildman–Crippen MR) is 139 cm³/mol. The van der Waals surface area contributed by atoms with Crippen LogP contribution in [0.25, 0.3) is 33.0 Å². The van der Waals surface area contributed by atoms with Crippen molar-refractivity contribution < 1.29 is 23.4 Å². The van der Waals surface area contributed by atoms with Crippen LogP contribution in [-0.4, -0.2) is 20.2 Å². The van der Waals surface area contributed by atoms with Crippen LogP contribution in [-0.2, 0) is 0 Å². The maximum atomic E-state index is 13.8. The van der Waals surface area contributed by atoms with Gasteiger partial charge >= 0.3 is 5.97 Å². The summed E-state index contributed by atoms with van der Waals surface area (Å²) in [5.74, 6) is 0.770. The number of benzene rings is 5. The summed E-state index contributed by atoms with van der Waals surface area (Å²) in [6, 6.07) is 30.3. The second-order valence-electron chi connectivity index (χ2n) is 8.17. The summed E-state index contributed by atoms with van der Waals surface area (Å²) in [6.07, 6.45) is 0. The third kappa shape index (κ3) is 4.39. The Kier molecular flexibility index (Phi) is 6.37. The van der Waals surface area contributed by atoms with Gasteiger partial charge < -0.3 is 14.2 Å². The molecule has 5 aromatic carbocycles. The van der Waals surface area contributed by atoms with Crippen molar-refractivity contribution in [2.24, 2.45) is 0 Å². The van der Waals surface area contributed by atoms with Gasteiger partial charge in [0, 0.05) is 5.56 Å². The van der Waals surface area contributed by atoms with Gasteiger partial charge in [0.2, 0.25) is 0 Å². The third-order valence-electron chi connectivity index (χ3n) is 6.05. The first-order valence-electron chi connectivity index (χ1n) is 11.4. The monoisotopic (exact) mass is 478 g/mol. The van der Waals surface area contributed by atoms with Crippen molar-refractivity contribution in [2.75, 3.05) is 14.2 Å². The lowest BCUT2D eigenvalue weighted by Crippen LogP contribution is -2.11. The lowest BCUT2D eigenvalue weighted by Gasteiger charge is -2.18. The number of hydrogen-bond donors (Lipinski definition) is 0. The highest BCUT2D eigenvalue weighted by Gasteiger charge is 2.22. The van der Waals surface area contributed by atoms with E-state index in [9.17, 15) is 9.18 Å². The third-order valence-corrected chi connectivity index (χ3v) is 6.05. The Morgan fingerprint density at radius 1 is 0.667 bits per heavy atom. The SMILES string of the molecule is COc1ccc(-c2cc(C(=O)Oc3ccccc3)c(-c3ccc(F)cc3)c3ccccc23)cc1OC. The zero-order chi connectivity index (χ0) is 25.1. The zero-order valence-corrected chi connectivity index (χ0v) is 19.8. The lowest BCUT2D eigenvalue weighted by molar-refractivity contribution is 0.0735. The number of fused-ring (bicyclic) bond motifs is 1. The largest absolute Gasteiger partial charge is 0.493 e. The molecule has 0 aliphatic carbocycles. The molecule has 0 atom stereocenters. The topological polar surface area (TPSA) is 44.8 Å². The Labute approximate surface area is 208 Å². The molecule has 178 valence electrons. The number of carbonyl (C=O) groups is 1. The molecule has 0 spiro atoms. The summed E-state index contributed by atoms with van der Waals surface area (Å²) in [4.78, 5) is 13.6. The molecule has 5 rings (SSSR count). The zero-order valence-electron chi connectivity index (χ0n) is 19.8. The highest BCUT2D eigenvalue weighted by molar-refractivity contribution is 6.13. The number of rotatable bonds is 6. The Morgan fingerprint density at radius 2 is 1.31 bits per heavy atom. The number of hydrogen-bond acceptors (Lipinski definition) is 4. The Balaban J connectivity index is 1.78. The molecule has 0 aromatic heterocycles. The van der Waals surface area contributed by atoms with Gasteiger partial charge in [-0.15, -0.1) is 0 Å². The number of halogens is 1. The number of para-hydroxylation sites is 1. The normalized spacial score (nSPS) is 10.8. The molecule has 0 aliphatic rings. The summed E-state index contributed by atoms with van der Waals surface area (Å²) < 4.78 is 30.4. The van der Waals surface area contributed by atoms with E-state index in [4.69, 9.17) is 14.2 Å². The summed E-state index contributed by atoms with van der Waals surface area (Å²) in [6.45, 7) is 0. The smallest absolute Gasteiger partial charge is 0.344 e. The van der Waals surface area contributed by atoms with Gasteiger partial charge in [-0.25, -0.2) is 9.18 Å². The van der Waals surface area contributed by atoms with E-state index < -0.39 is 5.97 Å². The van der Waals surface area contributed by atoms with Crippen molar-refractivity contribution in [3.63, 3.8) is 0 Å². The standard InChI is InChI=1S/C31H23FO4/c1-34-28-17-14-21(18-29(28)35-2)26-19-27(31(33)36-23-8-4-3-5-9-23)30(20-12-15-22(32)16-13-20)25-11-7-6-10-24(25)26/h3-19H,1-2H3. The van der Waals surface area contributed by atoms with E-state index in [-0.39, 0.29) is 5.82 Å². The second-order valence-corrected chi connectivity index (χ2v) is 8.17. The van der Waals surface area contributed by atoms with Crippen molar-refractivity contribution in [3.8, 4) is 39.5 Å². The maximum absolute atomic E-state index is 13.8. The van der Waals surface area contributed by atoms with Gasteiger partial charge in [-0.1, -0.05) is 60.7 Å². The van der Waals surface area contributed by atoms with Crippen LogP contribution in [0.1, 0.15) is 10.4 Å². The van der Waals surface area contributed by atoms with Crippen molar-refractivity contribution in [1.29, 1.82) is 0 Å². The maximum Gasteiger partial charge on any atom is 0.344 e. The molecule has 0 bridgehead atoms. The molecule has 4 nitrogen and oxygen atoms in total. The van der Waals surface area contributed by atoms with E-state index in [1.54, 1.807) is 50.6 Å². The van der Waals surface area contributed by atoms with Crippen LogP contribution >= 0.6 is 0 Å². The van der Waals surface area contributed by atoms with Crippen LogP contribution in [0.15, 0.2) is 103 Å². The van der Waals surface area contributed by atoms with Gasteiger partial charge in [0.25, 0.3) is 0 Å². The highest BCUT2D eigenvalue weighted by Crippen LogP contribution is 2.41. The highest BCUT2D eigenvalue weighted by atomic mass is 19.1. The molecule has 0 saturated heterocycles. The molecule has 5 heteroatoms. The predicted octanol–water partition coefficient (Wildman–Crippen LogP) is 7.55. The molecule has 0 N–H and O–H groups in total. The first-order valence-corrected chi connectivity index (χ1v) is 11.4. The minimum Gasteiger partial charge on any atom is -0.493 e. The van der Waals surface area contributed by atoms with Gasteiger partial charge in [0.05, 0.1) is 19.8 Å². The van der Waals surface area contributed by atoms with E-state index in [1.807, 2.05) is 54.6 Å². The van der Waals surface area contributed by atoms with Gasteiger partial charge in [0.15, 0.2) is 11.5 Å². The number of ether oxygens (including phenoxy) is 3. The molecule has 0 aliphatic heterocycles. The van der Waals surface area contributed by atoms with E-state index >= 15 is 0 Å². The number of esters is 1. The fourth-order valence-corrected chi connectivity index (χ4v) is 4.36. The van der Waals surface area contributed by atoms with Crippen LogP contribution in [0, 0.1) is 5.82 Å². The first-order chi connectivity index (χ1) is 17.6. The summed E-state index contributed by atoms with van der Waals surface area (Å²) in [5.41, 5.74) is 3.44. The van der Waals surface area contributed by atoms with E-state index in [2.05, 4.69) is 0 Å². The van der Waals surface area contributed by atoms with Gasteiger partial charge in [-0.05, 0) is 69.9 Å². The molecule has 0 fully saturated rings. The van der Waals surface area contributed by atoms with E-state index in [1.165, 1.54) is 12.1 Å². The molecule has 0 unspecified atom stereocenters. The van der Waals surface area contributed by atoms with Crippen LogP contribution in [0.3, 0.4) is 0 Å². The Hall–Kier alpha value is -4.64. The molecular weight excluding hydrogens is 455 g/mol. The van der Waals surface area contributed by atoms with E-state index in [0.29, 0.717) is 33.9 Å². The minimum atomic E-state index is -0.506. The molecular formula is C31H23FO4. The molecule has 0 saturated carbocycles. The minimum absolute atomic E-state index is 0.349. The molecule has 0 radical (unpaired) electrons. The van der Waals surface area contributed by atoms with Crippen LogP contribution in [0.2, 0.25) is 0 Å². The van der Waals surface area contributed by atoms with Crippen LogP contribution in [0.4, 0.5) is 4.39 Å². The van der Waals surface area contributed by atoms with Gasteiger partial charge in [-0.2, -0.15) is 0 Å². The van der Waals surface area contributed by atoms with E-state index in [0.717, 1.165) is 21.9 Å². The average molecular weight is 479 g/mol. The van der Waals surface area contributed by atoms with Crippen LogP contribution < -0.4 is 14.2 Å². The lowest BCUT2D eigenvalue weighted by atomic mass is 9.88. The van der Waals surface area contributed by atoms with Crippen molar-refractivity contribution in [1.82, 2.24) is 0 Å². The molecule has 0 amide bonds. The van der Waals surface area contributed by atoms with Crippen molar-refractivity contribution >= 4 is 16.7 Å². The quantitative estimate of drug-likeness (QED) is 0.187. The molecule has 36 heavy (non-hydrogen) atoms. The van der Waals surface area contributed by atoms with Crippen molar-refractivity contribution in [3.05, 3.63) is 115 Å². The number of methoxy groups -OCH3 is 2. The summed E-state index contributed by atoms with van der Waals surface area (Å²) in [5, 5.41) is 1.77. The fourth-order valence-electron chi connectivity index (χ4n) is 4.36. The second kappa shape index (κ2) is 9.92. The Bertz CT molecular complexity index is 1540. The molecule has 0 heterocycles. The van der Waals surface area contributed by atoms with Gasteiger partial charge in [0.1, 0.15) is 11.6 Å². The van der Waals surface area contributed by atoms with Gasteiger partial charge in [-0.3, -0.25) is 0 Å².